The minimum atomic E-state index is -0.0251. The van der Waals surface area contributed by atoms with Crippen LogP contribution in [0.25, 0.3) is 33.1 Å². The highest BCUT2D eigenvalue weighted by molar-refractivity contribution is 6.08. The molecule has 2 unspecified atom stereocenters. The van der Waals surface area contributed by atoms with Crippen molar-refractivity contribution in [2.24, 2.45) is 0 Å². The first-order valence-electron chi connectivity index (χ1n) is 12.7. The molecule has 7 heteroatoms. The van der Waals surface area contributed by atoms with Gasteiger partial charge in [0.1, 0.15) is 0 Å². The lowest BCUT2D eigenvalue weighted by Crippen LogP contribution is -2.41. The molecule has 7 nitrogen and oxygen atoms in total. The largest absolute Gasteiger partial charge is 0.379 e. The number of H-pyrrole nitrogens is 1. The Balaban J connectivity index is 1.18. The Morgan fingerprint density at radius 1 is 1.06 bits per heavy atom. The van der Waals surface area contributed by atoms with E-state index in [1.54, 1.807) is 0 Å². The van der Waals surface area contributed by atoms with Gasteiger partial charge in [0.15, 0.2) is 0 Å². The van der Waals surface area contributed by atoms with Crippen LogP contribution in [0.4, 0.5) is 0 Å². The van der Waals surface area contributed by atoms with Crippen LogP contribution < -0.4 is 5.32 Å². The van der Waals surface area contributed by atoms with Crippen LogP contribution in [0.1, 0.15) is 52.6 Å². The Labute approximate surface area is 203 Å². The number of nitrogens with one attached hydrogen (secondary N) is 2. The number of benzene rings is 2. The standard InChI is InChI=1S/C28H29N5O2/c34-28(29-9-10-33-11-13-35-14-12-33)18-3-1-17(2-4-18)27-25-20-6-5-19(15-20)24(25)26-21-16-30-32-22(21)7-8-23(26)31-27/h1-4,7-8,16,19-20H,5-6,9-15H2,(H,29,34)(H,30,32). The van der Waals surface area contributed by atoms with E-state index < -0.39 is 0 Å². The van der Waals surface area contributed by atoms with Crippen molar-refractivity contribution in [1.82, 2.24) is 25.4 Å². The number of nitrogens with zero attached hydrogens (tertiary/aromatic N) is 3. The minimum absolute atomic E-state index is 0.0251. The maximum atomic E-state index is 12.7. The van der Waals surface area contributed by atoms with Gasteiger partial charge >= 0.3 is 0 Å². The molecule has 2 fully saturated rings. The van der Waals surface area contributed by atoms with Gasteiger partial charge in [-0.1, -0.05) is 12.1 Å². The Bertz CT molecular complexity index is 1420. The molecule has 3 heterocycles. The van der Waals surface area contributed by atoms with E-state index in [2.05, 4.69) is 44.7 Å². The first kappa shape index (κ1) is 21.0. The predicted molar refractivity (Wildman–Crippen MR) is 136 cm³/mol. The molecule has 1 aliphatic heterocycles. The molecule has 2 atom stereocenters. The van der Waals surface area contributed by atoms with Crippen LogP contribution in [0, 0.1) is 0 Å². The zero-order chi connectivity index (χ0) is 23.4. The second-order valence-corrected chi connectivity index (χ2v) is 10.1. The van der Waals surface area contributed by atoms with Crippen LogP contribution in [0.5, 0.6) is 0 Å². The molecule has 35 heavy (non-hydrogen) atoms. The third-order valence-corrected chi connectivity index (χ3v) is 8.14. The molecule has 1 amide bonds. The molecule has 1 saturated carbocycles. The molecule has 1 saturated heterocycles. The molecule has 0 radical (unpaired) electrons. The fourth-order valence-electron chi connectivity index (χ4n) is 6.42. The first-order chi connectivity index (χ1) is 17.3. The lowest BCUT2D eigenvalue weighted by molar-refractivity contribution is 0.0383. The Hall–Kier alpha value is -3.29. The molecule has 3 aliphatic rings. The topological polar surface area (TPSA) is 83.1 Å². The molecule has 2 N–H and O–H groups in total. The first-order valence-corrected chi connectivity index (χ1v) is 12.7. The van der Waals surface area contributed by atoms with Crippen LogP contribution >= 0.6 is 0 Å². The van der Waals surface area contributed by atoms with Gasteiger partial charge in [-0.3, -0.25) is 14.8 Å². The number of aromatic nitrogens is 3. The van der Waals surface area contributed by atoms with Crippen molar-refractivity contribution in [3.8, 4) is 11.3 Å². The quantitative estimate of drug-likeness (QED) is 0.460. The monoisotopic (exact) mass is 467 g/mol. The Morgan fingerprint density at radius 3 is 2.69 bits per heavy atom. The van der Waals surface area contributed by atoms with E-state index in [-0.39, 0.29) is 5.91 Å². The summed E-state index contributed by atoms with van der Waals surface area (Å²) in [5.74, 6) is 1.16. The summed E-state index contributed by atoms with van der Waals surface area (Å²) in [7, 11) is 0. The van der Waals surface area contributed by atoms with Crippen molar-refractivity contribution in [2.75, 3.05) is 39.4 Å². The van der Waals surface area contributed by atoms with Gasteiger partial charge < -0.3 is 10.1 Å². The third kappa shape index (κ3) is 3.53. The second kappa shape index (κ2) is 8.43. The van der Waals surface area contributed by atoms with Gasteiger partial charge in [-0.15, -0.1) is 0 Å². The number of hydrogen-bond acceptors (Lipinski definition) is 5. The van der Waals surface area contributed by atoms with E-state index in [4.69, 9.17) is 9.72 Å². The van der Waals surface area contributed by atoms with E-state index in [9.17, 15) is 4.79 Å². The number of hydrogen-bond donors (Lipinski definition) is 2. The fourth-order valence-corrected chi connectivity index (χ4v) is 6.42. The van der Waals surface area contributed by atoms with Gasteiger partial charge in [-0.2, -0.15) is 5.10 Å². The zero-order valence-corrected chi connectivity index (χ0v) is 19.7. The van der Waals surface area contributed by atoms with Crippen LogP contribution in [0.3, 0.4) is 0 Å². The van der Waals surface area contributed by atoms with E-state index >= 15 is 0 Å². The summed E-state index contributed by atoms with van der Waals surface area (Å²) in [6.45, 7) is 4.91. The van der Waals surface area contributed by atoms with E-state index in [1.165, 1.54) is 41.2 Å². The van der Waals surface area contributed by atoms with E-state index in [1.807, 2.05) is 18.3 Å². The van der Waals surface area contributed by atoms with Crippen LogP contribution in [0.2, 0.25) is 0 Å². The number of ether oxygens (including phenoxy) is 1. The van der Waals surface area contributed by atoms with Gasteiger partial charge in [-0.25, -0.2) is 4.98 Å². The average Bonchev–Trinajstić information content (AvgIpc) is 3.65. The van der Waals surface area contributed by atoms with Gasteiger partial charge in [0.2, 0.25) is 0 Å². The van der Waals surface area contributed by atoms with Crippen LogP contribution in [-0.2, 0) is 4.74 Å². The molecule has 2 aromatic carbocycles. The van der Waals surface area contributed by atoms with Crippen LogP contribution in [0.15, 0.2) is 42.6 Å². The lowest BCUT2D eigenvalue weighted by atomic mass is 9.85. The molecular weight excluding hydrogens is 438 g/mol. The summed E-state index contributed by atoms with van der Waals surface area (Å²) < 4.78 is 5.39. The lowest BCUT2D eigenvalue weighted by Gasteiger charge is -2.26. The highest BCUT2D eigenvalue weighted by Crippen LogP contribution is 2.57. The molecule has 0 spiro atoms. The van der Waals surface area contributed by atoms with Gasteiger partial charge in [0.05, 0.1) is 36.1 Å². The predicted octanol–water partition coefficient (Wildman–Crippen LogP) is 4.20. The van der Waals surface area contributed by atoms with Crippen molar-refractivity contribution in [2.45, 2.75) is 31.1 Å². The van der Waals surface area contributed by atoms with Gasteiger partial charge in [0.25, 0.3) is 5.91 Å². The van der Waals surface area contributed by atoms with Crippen molar-refractivity contribution in [3.63, 3.8) is 0 Å². The number of morpholine rings is 1. The average molecular weight is 468 g/mol. The summed E-state index contributed by atoms with van der Waals surface area (Å²) in [6, 6.07) is 12.2. The molecular formula is C28H29N5O2. The summed E-state index contributed by atoms with van der Waals surface area (Å²) in [5.41, 5.74) is 7.87. The van der Waals surface area contributed by atoms with Crippen LogP contribution in [-0.4, -0.2) is 65.4 Å². The van der Waals surface area contributed by atoms with E-state index in [0.717, 1.165) is 55.1 Å². The SMILES string of the molecule is O=C(NCCN1CCOCC1)c1ccc(-c2nc3ccc4[nH]ncc4c3c3c2C2CCC3C2)cc1. The molecule has 7 rings (SSSR count). The number of pyridine rings is 1. The molecule has 2 aromatic heterocycles. The fraction of sp³-hybridized carbons (Fsp3) is 0.393. The third-order valence-electron chi connectivity index (χ3n) is 8.14. The molecule has 2 aliphatic carbocycles. The minimum Gasteiger partial charge on any atom is -0.379 e. The number of carbonyl (C=O) groups is 1. The van der Waals surface area contributed by atoms with Gasteiger partial charge in [0, 0.05) is 48.1 Å². The summed E-state index contributed by atoms with van der Waals surface area (Å²) in [5, 5.41) is 12.9. The number of amides is 1. The zero-order valence-electron chi connectivity index (χ0n) is 19.7. The Kier molecular flexibility index (Phi) is 5.06. The summed E-state index contributed by atoms with van der Waals surface area (Å²) in [4.78, 5) is 20.2. The summed E-state index contributed by atoms with van der Waals surface area (Å²) in [6.07, 6.45) is 5.66. The van der Waals surface area contributed by atoms with Gasteiger partial charge in [-0.05, 0) is 66.5 Å². The van der Waals surface area contributed by atoms with Crippen molar-refractivity contribution in [1.29, 1.82) is 0 Å². The molecule has 2 bridgehead atoms. The number of fused-ring (bicyclic) bond motifs is 9. The van der Waals surface area contributed by atoms with E-state index in [0.29, 0.717) is 23.9 Å². The number of carbonyl (C=O) groups excluding carboxylic acids is 1. The molecule has 4 aromatic rings. The maximum absolute atomic E-state index is 12.7. The number of rotatable bonds is 5. The molecule has 178 valence electrons. The normalized spacial score (nSPS) is 21.6. The summed E-state index contributed by atoms with van der Waals surface area (Å²) >= 11 is 0. The van der Waals surface area contributed by atoms with Crippen molar-refractivity contribution < 1.29 is 9.53 Å². The smallest absolute Gasteiger partial charge is 0.251 e. The van der Waals surface area contributed by atoms with Crippen molar-refractivity contribution in [3.05, 3.63) is 59.3 Å². The Morgan fingerprint density at radius 2 is 1.86 bits per heavy atom. The second-order valence-electron chi connectivity index (χ2n) is 10.1. The van der Waals surface area contributed by atoms with Crippen molar-refractivity contribution >= 4 is 27.7 Å². The number of aromatic amines is 1. The highest BCUT2D eigenvalue weighted by Gasteiger charge is 2.41. The maximum Gasteiger partial charge on any atom is 0.251 e. The highest BCUT2D eigenvalue weighted by atomic mass is 16.5.